The number of amides is 1. The highest BCUT2D eigenvalue weighted by molar-refractivity contribution is 5.95. The van der Waals surface area contributed by atoms with E-state index in [1.807, 2.05) is 0 Å². The molecular weight excluding hydrogens is 367 g/mol. The van der Waals surface area contributed by atoms with E-state index in [9.17, 15) is 18.0 Å². The average Bonchev–Trinajstić information content (AvgIpc) is 3.17. The van der Waals surface area contributed by atoms with Crippen LogP contribution in [0.1, 0.15) is 40.9 Å². The highest BCUT2D eigenvalue weighted by Gasteiger charge is 2.39. The monoisotopic (exact) mass is 385 g/mol. The fourth-order valence-corrected chi connectivity index (χ4v) is 2.96. The molecule has 1 aliphatic rings. The molecule has 0 unspecified atom stereocenters. The number of carbonyl (C=O) groups excluding carboxylic acids is 1. The van der Waals surface area contributed by atoms with Gasteiger partial charge in [-0.3, -0.25) is 4.79 Å². The van der Waals surface area contributed by atoms with Crippen molar-refractivity contribution in [3.8, 4) is 11.5 Å². The van der Waals surface area contributed by atoms with Crippen LogP contribution in [0.5, 0.6) is 11.5 Å². The summed E-state index contributed by atoms with van der Waals surface area (Å²) in [5.41, 5.74) is 0.418. The molecule has 2 aromatic rings. The van der Waals surface area contributed by atoms with Gasteiger partial charge < -0.3 is 18.8 Å². The summed E-state index contributed by atoms with van der Waals surface area (Å²) < 4.78 is 52.8. The van der Waals surface area contributed by atoms with E-state index in [0.29, 0.717) is 43.0 Å². The average molecular weight is 385 g/mol. The van der Waals surface area contributed by atoms with Crippen molar-refractivity contribution in [3.05, 3.63) is 35.5 Å². The summed E-state index contributed by atoms with van der Waals surface area (Å²) >= 11 is 0. The molecule has 1 aliphatic heterocycles. The minimum absolute atomic E-state index is 0.0440. The summed E-state index contributed by atoms with van der Waals surface area (Å²) in [7, 11) is 2.99. The number of hydrogen-bond donors (Lipinski definition) is 0. The molecule has 0 saturated carbocycles. The van der Waals surface area contributed by atoms with E-state index in [4.69, 9.17) is 13.9 Å². The van der Waals surface area contributed by atoms with Crippen LogP contribution in [0, 0.1) is 0 Å². The predicted molar refractivity (Wildman–Crippen MR) is 86.7 cm³/mol. The predicted octanol–water partition coefficient (Wildman–Crippen LogP) is 3.13. The summed E-state index contributed by atoms with van der Waals surface area (Å²) in [6.07, 6.45) is -3.79. The van der Waals surface area contributed by atoms with Gasteiger partial charge in [0.15, 0.2) is 0 Å². The van der Waals surface area contributed by atoms with Gasteiger partial charge in [0, 0.05) is 30.6 Å². The minimum Gasteiger partial charge on any atom is -0.497 e. The molecule has 1 aromatic heterocycles. The molecule has 0 spiro atoms. The van der Waals surface area contributed by atoms with Gasteiger partial charge in [0.05, 0.1) is 14.2 Å². The number of likely N-dealkylation sites (tertiary alicyclic amines) is 1. The molecule has 0 bridgehead atoms. The number of piperidine rings is 1. The number of aromatic nitrogens is 2. The minimum atomic E-state index is -4.66. The second-order valence-corrected chi connectivity index (χ2v) is 6.11. The van der Waals surface area contributed by atoms with E-state index in [1.165, 1.54) is 14.2 Å². The Hall–Kier alpha value is -2.78. The molecule has 1 amide bonds. The van der Waals surface area contributed by atoms with Crippen molar-refractivity contribution in [1.29, 1.82) is 0 Å². The number of hydrogen-bond acceptors (Lipinski definition) is 6. The van der Waals surface area contributed by atoms with Crippen LogP contribution in [-0.2, 0) is 6.18 Å². The maximum absolute atomic E-state index is 12.7. The molecule has 0 aliphatic carbocycles. The number of ether oxygens (including phenoxy) is 2. The van der Waals surface area contributed by atoms with Gasteiger partial charge in [0.2, 0.25) is 5.89 Å². The van der Waals surface area contributed by atoms with Crippen molar-refractivity contribution in [3.63, 3.8) is 0 Å². The summed E-state index contributed by atoms with van der Waals surface area (Å²) in [6, 6.07) is 4.89. The molecule has 0 N–H and O–H groups in total. The highest BCUT2D eigenvalue weighted by Crippen LogP contribution is 2.33. The van der Waals surface area contributed by atoms with Gasteiger partial charge in [-0.25, -0.2) is 0 Å². The maximum atomic E-state index is 12.7. The summed E-state index contributed by atoms with van der Waals surface area (Å²) in [6.45, 7) is 0.736. The van der Waals surface area contributed by atoms with Crippen molar-refractivity contribution >= 4 is 5.91 Å². The van der Waals surface area contributed by atoms with Crippen LogP contribution in [0.2, 0.25) is 0 Å². The number of halogens is 3. The van der Waals surface area contributed by atoms with E-state index in [2.05, 4.69) is 10.2 Å². The van der Waals surface area contributed by atoms with E-state index < -0.39 is 12.1 Å². The van der Waals surface area contributed by atoms with Gasteiger partial charge in [-0.15, -0.1) is 10.2 Å². The number of nitrogens with zero attached hydrogens (tertiary/aromatic N) is 3. The Morgan fingerprint density at radius 2 is 1.70 bits per heavy atom. The van der Waals surface area contributed by atoms with Gasteiger partial charge in [-0.2, -0.15) is 13.2 Å². The number of carbonyl (C=O) groups is 1. The Bertz CT molecular complexity index is 792. The van der Waals surface area contributed by atoms with Crippen LogP contribution < -0.4 is 9.47 Å². The van der Waals surface area contributed by atoms with Crippen molar-refractivity contribution in [1.82, 2.24) is 15.1 Å². The van der Waals surface area contributed by atoms with Crippen LogP contribution in [-0.4, -0.2) is 48.3 Å². The van der Waals surface area contributed by atoms with Crippen LogP contribution in [0.25, 0.3) is 0 Å². The zero-order chi connectivity index (χ0) is 19.6. The SMILES string of the molecule is COc1cc(OC)cc(C(=O)N2CCC(c3nnc(C(F)(F)F)o3)CC2)c1. The molecule has 2 heterocycles. The first-order valence-electron chi connectivity index (χ1n) is 8.24. The third-order valence-corrected chi connectivity index (χ3v) is 4.41. The van der Waals surface area contributed by atoms with E-state index >= 15 is 0 Å². The molecule has 1 aromatic carbocycles. The molecule has 27 heavy (non-hydrogen) atoms. The van der Waals surface area contributed by atoms with Crippen molar-refractivity contribution in [2.24, 2.45) is 0 Å². The molecule has 7 nitrogen and oxygen atoms in total. The Labute approximate surface area is 153 Å². The number of rotatable bonds is 4. The first-order valence-corrected chi connectivity index (χ1v) is 8.24. The molecular formula is C17H18F3N3O4. The molecule has 146 valence electrons. The highest BCUT2D eigenvalue weighted by atomic mass is 19.4. The van der Waals surface area contributed by atoms with Crippen molar-refractivity contribution in [2.45, 2.75) is 24.9 Å². The van der Waals surface area contributed by atoms with Crippen LogP contribution in [0.4, 0.5) is 13.2 Å². The fourth-order valence-electron chi connectivity index (χ4n) is 2.96. The lowest BCUT2D eigenvalue weighted by Crippen LogP contribution is -2.38. The summed E-state index contributed by atoms with van der Waals surface area (Å²) in [5.74, 6) is -0.905. The molecule has 3 rings (SSSR count). The van der Waals surface area contributed by atoms with Gasteiger partial charge >= 0.3 is 12.1 Å². The topological polar surface area (TPSA) is 77.7 Å². The van der Waals surface area contributed by atoms with Crippen LogP contribution >= 0.6 is 0 Å². The quantitative estimate of drug-likeness (QED) is 0.805. The molecule has 1 fully saturated rings. The van der Waals surface area contributed by atoms with E-state index in [-0.39, 0.29) is 17.7 Å². The third kappa shape index (κ3) is 4.15. The smallest absolute Gasteiger partial charge is 0.470 e. The third-order valence-electron chi connectivity index (χ3n) is 4.41. The van der Waals surface area contributed by atoms with Crippen molar-refractivity contribution in [2.75, 3.05) is 27.3 Å². The van der Waals surface area contributed by atoms with Gasteiger partial charge in [0.25, 0.3) is 5.91 Å². The number of methoxy groups -OCH3 is 2. The zero-order valence-corrected chi connectivity index (χ0v) is 14.7. The Morgan fingerprint density at radius 3 is 2.19 bits per heavy atom. The Balaban J connectivity index is 1.67. The first kappa shape index (κ1) is 19.0. The van der Waals surface area contributed by atoms with E-state index in [0.717, 1.165) is 0 Å². The lowest BCUT2D eigenvalue weighted by Gasteiger charge is -2.30. The fraction of sp³-hybridized carbons (Fsp3) is 0.471. The molecule has 1 saturated heterocycles. The standard InChI is InChI=1S/C17H18F3N3O4/c1-25-12-7-11(8-13(9-12)26-2)15(24)23-5-3-10(4-6-23)14-21-22-16(27-14)17(18,19)20/h7-10H,3-6H2,1-2H3. The lowest BCUT2D eigenvalue weighted by molar-refractivity contribution is -0.157. The Morgan fingerprint density at radius 1 is 1.11 bits per heavy atom. The Kier molecular flexibility index (Phi) is 5.24. The van der Waals surface area contributed by atoms with Crippen LogP contribution in [0.15, 0.2) is 22.6 Å². The second kappa shape index (κ2) is 7.45. The number of alkyl halides is 3. The molecule has 0 radical (unpaired) electrons. The molecule has 10 heteroatoms. The molecule has 0 atom stereocenters. The maximum Gasteiger partial charge on any atom is 0.470 e. The van der Waals surface area contributed by atoms with Gasteiger partial charge in [-0.1, -0.05) is 0 Å². The van der Waals surface area contributed by atoms with Crippen molar-refractivity contribution < 1.29 is 31.9 Å². The number of benzene rings is 1. The second-order valence-electron chi connectivity index (χ2n) is 6.11. The zero-order valence-electron chi connectivity index (χ0n) is 14.7. The van der Waals surface area contributed by atoms with Crippen LogP contribution in [0.3, 0.4) is 0 Å². The first-order chi connectivity index (χ1) is 12.8. The lowest BCUT2D eigenvalue weighted by atomic mass is 9.96. The largest absolute Gasteiger partial charge is 0.497 e. The van der Waals surface area contributed by atoms with Gasteiger partial charge in [-0.05, 0) is 25.0 Å². The van der Waals surface area contributed by atoms with Gasteiger partial charge in [0.1, 0.15) is 11.5 Å². The van der Waals surface area contributed by atoms with E-state index in [1.54, 1.807) is 23.1 Å². The normalized spacial score (nSPS) is 15.7. The summed E-state index contributed by atoms with van der Waals surface area (Å²) in [4.78, 5) is 14.4. The summed E-state index contributed by atoms with van der Waals surface area (Å²) in [5, 5.41) is 6.56.